The van der Waals surface area contributed by atoms with Gasteiger partial charge in [0, 0.05) is 12.3 Å². The molecule has 2 fully saturated rings. The second kappa shape index (κ2) is 2.56. The summed E-state index contributed by atoms with van der Waals surface area (Å²) < 4.78 is 4.95. The van der Waals surface area contributed by atoms with E-state index in [9.17, 15) is 9.59 Å². The first kappa shape index (κ1) is 8.73. The molecule has 0 radical (unpaired) electrons. The van der Waals surface area contributed by atoms with Crippen LogP contribution in [0.25, 0.3) is 0 Å². The maximum atomic E-state index is 11.5. The molecule has 1 unspecified atom stereocenters. The number of carbonyl (C=O) groups excluding carboxylic acids is 2. The van der Waals surface area contributed by atoms with Gasteiger partial charge in [0.25, 0.3) is 0 Å². The van der Waals surface area contributed by atoms with E-state index in [-0.39, 0.29) is 29.0 Å². The van der Waals surface area contributed by atoms with Crippen LogP contribution < -0.4 is 0 Å². The van der Waals surface area contributed by atoms with Gasteiger partial charge in [-0.2, -0.15) is 0 Å². The first-order chi connectivity index (χ1) is 6.09. The summed E-state index contributed by atoms with van der Waals surface area (Å²) in [6, 6.07) is 0. The number of Topliss-reactive ketones (excluding diaryl/α,β-unsaturated/α-hetero) is 1. The van der Waals surface area contributed by atoms with Gasteiger partial charge in [-0.05, 0) is 18.8 Å². The van der Waals surface area contributed by atoms with Gasteiger partial charge >= 0.3 is 5.97 Å². The van der Waals surface area contributed by atoms with Crippen molar-refractivity contribution in [3.63, 3.8) is 0 Å². The van der Waals surface area contributed by atoms with E-state index in [1.807, 2.05) is 6.92 Å². The van der Waals surface area contributed by atoms with Crippen LogP contribution in [0.1, 0.15) is 26.7 Å². The molecule has 0 aromatic carbocycles. The zero-order chi connectivity index (χ0) is 9.64. The summed E-state index contributed by atoms with van der Waals surface area (Å²) in [5, 5.41) is 0. The van der Waals surface area contributed by atoms with Crippen molar-refractivity contribution < 1.29 is 14.3 Å². The summed E-state index contributed by atoms with van der Waals surface area (Å²) in [6.45, 7) is 4.22. The van der Waals surface area contributed by atoms with Gasteiger partial charge in [-0.25, -0.2) is 0 Å². The van der Waals surface area contributed by atoms with Gasteiger partial charge in [0.05, 0.1) is 12.5 Å². The van der Waals surface area contributed by atoms with Crippen LogP contribution >= 0.6 is 0 Å². The molecule has 0 aromatic rings. The van der Waals surface area contributed by atoms with Crippen LogP contribution in [0.4, 0.5) is 0 Å². The van der Waals surface area contributed by atoms with Crippen LogP contribution in [0.3, 0.4) is 0 Å². The van der Waals surface area contributed by atoms with Crippen molar-refractivity contribution in [2.45, 2.75) is 26.7 Å². The van der Waals surface area contributed by atoms with Gasteiger partial charge in [-0.15, -0.1) is 0 Å². The fraction of sp³-hybridized carbons (Fsp3) is 0.800. The largest absolute Gasteiger partial charge is 0.466 e. The Hall–Kier alpha value is -0.860. The quantitative estimate of drug-likeness (QED) is 0.602. The van der Waals surface area contributed by atoms with Gasteiger partial charge in [-0.1, -0.05) is 6.92 Å². The molecule has 72 valence electrons. The average molecular weight is 182 g/mol. The van der Waals surface area contributed by atoms with E-state index < -0.39 is 0 Å². The summed E-state index contributed by atoms with van der Waals surface area (Å²) in [5.41, 5.74) is -0.0522. The molecule has 0 bridgehead atoms. The molecule has 2 aliphatic rings. The predicted molar refractivity (Wildman–Crippen MR) is 46.0 cm³/mol. The van der Waals surface area contributed by atoms with Crippen molar-refractivity contribution in [2.75, 3.05) is 6.61 Å². The zero-order valence-corrected chi connectivity index (χ0v) is 8.00. The zero-order valence-electron chi connectivity index (χ0n) is 8.00. The van der Waals surface area contributed by atoms with Crippen LogP contribution in [0.2, 0.25) is 0 Å². The molecule has 0 aliphatic heterocycles. The molecule has 0 amide bonds. The fourth-order valence-electron chi connectivity index (χ4n) is 2.42. The lowest BCUT2D eigenvalue weighted by atomic mass is 9.92. The highest BCUT2D eigenvalue weighted by molar-refractivity contribution is 5.94. The Balaban J connectivity index is 2.09. The van der Waals surface area contributed by atoms with Crippen molar-refractivity contribution in [1.29, 1.82) is 0 Å². The summed E-state index contributed by atoms with van der Waals surface area (Å²) in [6.07, 6.45) is 1.29. The molecule has 13 heavy (non-hydrogen) atoms. The Labute approximate surface area is 77.4 Å². The topological polar surface area (TPSA) is 43.4 Å². The average Bonchev–Trinajstić information content (AvgIpc) is 2.68. The van der Waals surface area contributed by atoms with Gasteiger partial charge in [0.15, 0.2) is 0 Å². The lowest BCUT2D eigenvalue weighted by molar-refractivity contribution is -0.150. The first-order valence-corrected chi connectivity index (χ1v) is 4.79. The summed E-state index contributed by atoms with van der Waals surface area (Å²) in [7, 11) is 0. The monoisotopic (exact) mass is 182 g/mol. The van der Waals surface area contributed by atoms with Gasteiger partial charge < -0.3 is 4.74 Å². The molecule has 0 spiro atoms. The Morgan fingerprint density at radius 2 is 2.38 bits per heavy atom. The number of hydrogen-bond donors (Lipinski definition) is 0. The lowest BCUT2D eigenvalue weighted by Gasteiger charge is -2.15. The smallest absolute Gasteiger partial charge is 0.309 e. The van der Waals surface area contributed by atoms with E-state index >= 15 is 0 Å². The Kier molecular flexibility index (Phi) is 1.72. The number of hydrogen-bond acceptors (Lipinski definition) is 3. The molecular weight excluding hydrogens is 168 g/mol. The van der Waals surface area contributed by atoms with E-state index in [1.54, 1.807) is 6.92 Å². The minimum Gasteiger partial charge on any atom is -0.466 e. The third-order valence-electron chi connectivity index (χ3n) is 3.44. The highest BCUT2D eigenvalue weighted by Gasteiger charge is 2.66. The predicted octanol–water partition coefficient (Wildman–Crippen LogP) is 1.16. The molecule has 0 heterocycles. The minimum atomic E-state index is -0.182. The minimum absolute atomic E-state index is 0.0522. The number of ether oxygens (including phenoxy) is 1. The van der Waals surface area contributed by atoms with Crippen LogP contribution in [0, 0.1) is 17.3 Å². The first-order valence-electron chi connectivity index (χ1n) is 4.79. The van der Waals surface area contributed by atoms with Crippen molar-refractivity contribution in [3.05, 3.63) is 0 Å². The standard InChI is InChI=1S/C10H14O3/c1-3-13-9(12)6-4-8(11)7-5-10(6,7)2/h6-7H,3-5H2,1-2H3/t6-,7?,10+/m0/s1. The van der Waals surface area contributed by atoms with Crippen LogP contribution in [-0.2, 0) is 14.3 Å². The molecule has 0 aromatic heterocycles. The highest BCUT2D eigenvalue weighted by Crippen LogP contribution is 2.64. The molecule has 3 nitrogen and oxygen atoms in total. The Morgan fingerprint density at radius 1 is 1.69 bits per heavy atom. The maximum absolute atomic E-state index is 11.5. The summed E-state index contributed by atoms with van der Waals surface area (Å²) in [4.78, 5) is 22.8. The molecule has 2 aliphatic carbocycles. The number of carbonyl (C=O) groups is 2. The van der Waals surface area contributed by atoms with Gasteiger partial charge in [0.1, 0.15) is 5.78 Å². The van der Waals surface area contributed by atoms with Crippen LogP contribution in [-0.4, -0.2) is 18.4 Å². The molecule has 2 saturated carbocycles. The van der Waals surface area contributed by atoms with E-state index in [2.05, 4.69) is 0 Å². The summed E-state index contributed by atoms with van der Waals surface area (Å²) >= 11 is 0. The van der Waals surface area contributed by atoms with E-state index in [0.717, 1.165) is 6.42 Å². The molecule has 3 atom stereocenters. The number of fused-ring (bicyclic) bond motifs is 1. The van der Waals surface area contributed by atoms with Crippen molar-refractivity contribution >= 4 is 11.8 Å². The second-order valence-corrected chi connectivity index (χ2v) is 4.24. The Bertz CT molecular complexity index is 271. The molecule has 0 N–H and O–H groups in total. The second-order valence-electron chi connectivity index (χ2n) is 4.24. The molecule has 3 heteroatoms. The lowest BCUT2D eigenvalue weighted by Crippen LogP contribution is -2.23. The molecule has 2 rings (SSSR count). The van der Waals surface area contributed by atoms with Crippen LogP contribution in [0.15, 0.2) is 0 Å². The molecular formula is C10H14O3. The summed E-state index contributed by atoms with van der Waals surface area (Å²) in [5.74, 6) is 0.0609. The normalized spacial score (nSPS) is 41.5. The van der Waals surface area contributed by atoms with Gasteiger partial charge in [0.2, 0.25) is 0 Å². The van der Waals surface area contributed by atoms with Crippen molar-refractivity contribution in [2.24, 2.45) is 17.3 Å². The third-order valence-corrected chi connectivity index (χ3v) is 3.44. The van der Waals surface area contributed by atoms with E-state index in [1.165, 1.54) is 0 Å². The third kappa shape index (κ3) is 1.10. The van der Waals surface area contributed by atoms with Crippen molar-refractivity contribution in [1.82, 2.24) is 0 Å². The number of ketones is 1. The fourth-order valence-corrected chi connectivity index (χ4v) is 2.42. The van der Waals surface area contributed by atoms with Crippen LogP contribution in [0.5, 0.6) is 0 Å². The molecule has 0 saturated heterocycles. The number of esters is 1. The Morgan fingerprint density at radius 3 is 2.77 bits per heavy atom. The highest BCUT2D eigenvalue weighted by atomic mass is 16.5. The maximum Gasteiger partial charge on any atom is 0.309 e. The van der Waals surface area contributed by atoms with Crippen molar-refractivity contribution in [3.8, 4) is 0 Å². The van der Waals surface area contributed by atoms with E-state index in [0.29, 0.717) is 13.0 Å². The van der Waals surface area contributed by atoms with Gasteiger partial charge in [-0.3, -0.25) is 9.59 Å². The van der Waals surface area contributed by atoms with E-state index in [4.69, 9.17) is 4.74 Å². The SMILES string of the molecule is CCOC(=O)[C@@H]1CC(=O)C2C[C@@]21C. The number of rotatable bonds is 2.